The van der Waals surface area contributed by atoms with E-state index in [2.05, 4.69) is 14.7 Å². The summed E-state index contributed by atoms with van der Waals surface area (Å²) < 4.78 is 39.3. The van der Waals surface area contributed by atoms with Crippen LogP contribution in [0.4, 0.5) is 9.52 Å². The molecule has 2 aromatic rings. The van der Waals surface area contributed by atoms with Gasteiger partial charge in [-0.05, 0) is 12.1 Å². The van der Waals surface area contributed by atoms with Crippen molar-refractivity contribution in [2.24, 2.45) is 0 Å². The first-order chi connectivity index (χ1) is 8.88. The zero-order valence-electron chi connectivity index (χ0n) is 9.62. The number of amides is 1. The molecule has 0 aliphatic carbocycles. The summed E-state index contributed by atoms with van der Waals surface area (Å²) >= 11 is 0.711. The lowest BCUT2D eigenvalue weighted by molar-refractivity contribution is 0.102. The Morgan fingerprint density at radius 1 is 1.37 bits per heavy atom. The molecule has 0 aliphatic heterocycles. The van der Waals surface area contributed by atoms with Crippen LogP contribution in [0.1, 0.15) is 10.4 Å². The van der Waals surface area contributed by atoms with E-state index in [4.69, 9.17) is 0 Å². The van der Waals surface area contributed by atoms with E-state index in [1.165, 1.54) is 18.2 Å². The van der Waals surface area contributed by atoms with E-state index in [0.29, 0.717) is 11.5 Å². The standard InChI is InChI=1S/C10H8FN3O3S2/c1-19(16,17)10-13-9(18-14-10)12-8(15)6-4-2-3-5-7(6)11/h2-5H,1H3,(H,12,13,14,15). The van der Waals surface area contributed by atoms with Crippen LogP contribution in [0.3, 0.4) is 0 Å². The predicted octanol–water partition coefficient (Wildman–Crippen LogP) is 1.33. The van der Waals surface area contributed by atoms with Gasteiger partial charge in [-0.15, -0.1) is 0 Å². The second-order valence-electron chi connectivity index (χ2n) is 3.59. The number of hydrogen-bond donors (Lipinski definition) is 1. The maximum Gasteiger partial charge on any atom is 0.260 e. The van der Waals surface area contributed by atoms with Gasteiger partial charge in [0, 0.05) is 17.8 Å². The molecule has 1 N–H and O–H groups in total. The van der Waals surface area contributed by atoms with Crippen LogP contribution in [0.25, 0.3) is 0 Å². The first-order valence-corrected chi connectivity index (χ1v) is 7.64. The molecule has 0 unspecified atom stereocenters. The van der Waals surface area contributed by atoms with Crippen LogP contribution in [-0.4, -0.2) is 29.9 Å². The predicted molar refractivity (Wildman–Crippen MR) is 67.4 cm³/mol. The number of rotatable bonds is 3. The Balaban J connectivity index is 2.21. The van der Waals surface area contributed by atoms with Crippen molar-refractivity contribution in [1.82, 2.24) is 9.36 Å². The third-order valence-corrected chi connectivity index (χ3v) is 3.67. The van der Waals surface area contributed by atoms with Crippen molar-refractivity contribution in [3.63, 3.8) is 0 Å². The molecule has 1 aromatic carbocycles. The average molecular weight is 301 g/mol. The van der Waals surface area contributed by atoms with Crippen LogP contribution in [0.5, 0.6) is 0 Å². The lowest BCUT2D eigenvalue weighted by Gasteiger charge is -2.01. The number of aromatic nitrogens is 2. The number of hydrogen-bond acceptors (Lipinski definition) is 6. The van der Waals surface area contributed by atoms with Crippen molar-refractivity contribution in [1.29, 1.82) is 0 Å². The lowest BCUT2D eigenvalue weighted by atomic mass is 10.2. The second-order valence-corrected chi connectivity index (χ2v) is 6.25. The molecule has 0 saturated heterocycles. The Labute approximate surface area is 112 Å². The quantitative estimate of drug-likeness (QED) is 0.924. The number of carbonyl (C=O) groups excluding carboxylic acids is 1. The molecule has 1 amide bonds. The minimum atomic E-state index is -3.53. The van der Waals surface area contributed by atoms with Gasteiger partial charge in [-0.25, -0.2) is 12.8 Å². The molecule has 100 valence electrons. The summed E-state index contributed by atoms with van der Waals surface area (Å²) in [6, 6.07) is 5.43. The van der Waals surface area contributed by atoms with E-state index in [1.807, 2.05) is 0 Å². The summed E-state index contributed by atoms with van der Waals surface area (Å²) in [5.74, 6) is -1.39. The molecule has 0 aliphatic rings. The Bertz CT molecular complexity index is 727. The molecule has 2 rings (SSSR count). The van der Waals surface area contributed by atoms with Crippen molar-refractivity contribution in [2.75, 3.05) is 11.6 Å². The Morgan fingerprint density at radius 2 is 2.05 bits per heavy atom. The van der Waals surface area contributed by atoms with Crippen LogP contribution in [0.2, 0.25) is 0 Å². The van der Waals surface area contributed by atoms with Gasteiger partial charge < -0.3 is 0 Å². The Hall–Kier alpha value is -1.87. The minimum absolute atomic E-state index is 0.00585. The summed E-state index contributed by atoms with van der Waals surface area (Å²) in [6.07, 6.45) is 0.956. The zero-order valence-corrected chi connectivity index (χ0v) is 11.3. The van der Waals surface area contributed by atoms with Crippen LogP contribution in [0, 0.1) is 5.82 Å². The smallest absolute Gasteiger partial charge is 0.260 e. The molecule has 1 aromatic heterocycles. The molecule has 6 nitrogen and oxygen atoms in total. The Kier molecular flexibility index (Phi) is 3.58. The van der Waals surface area contributed by atoms with Crippen molar-refractivity contribution < 1.29 is 17.6 Å². The maximum atomic E-state index is 13.3. The molecule has 0 bridgehead atoms. The molecule has 0 radical (unpaired) electrons. The molecule has 19 heavy (non-hydrogen) atoms. The molecular weight excluding hydrogens is 293 g/mol. The van der Waals surface area contributed by atoms with E-state index < -0.39 is 21.6 Å². The lowest BCUT2D eigenvalue weighted by Crippen LogP contribution is -2.13. The number of sulfone groups is 1. The van der Waals surface area contributed by atoms with Gasteiger partial charge in [-0.2, -0.15) is 9.36 Å². The van der Waals surface area contributed by atoms with Crippen molar-refractivity contribution in [3.8, 4) is 0 Å². The van der Waals surface area contributed by atoms with E-state index in [1.54, 1.807) is 0 Å². The number of nitrogens with zero attached hydrogens (tertiary/aromatic N) is 2. The Morgan fingerprint density at radius 3 is 2.63 bits per heavy atom. The molecule has 0 fully saturated rings. The fourth-order valence-electron chi connectivity index (χ4n) is 1.22. The highest BCUT2D eigenvalue weighted by atomic mass is 32.2. The van der Waals surface area contributed by atoms with Crippen molar-refractivity contribution >= 4 is 32.4 Å². The summed E-state index contributed by atoms with van der Waals surface area (Å²) in [5.41, 5.74) is -0.154. The van der Waals surface area contributed by atoms with Crippen LogP contribution in [0.15, 0.2) is 29.4 Å². The number of nitrogens with one attached hydrogen (secondary N) is 1. The molecule has 0 spiro atoms. The monoisotopic (exact) mass is 301 g/mol. The second kappa shape index (κ2) is 5.02. The van der Waals surface area contributed by atoms with Gasteiger partial charge in [0.1, 0.15) is 5.82 Å². The average Bonchev–Trinajstić information content (AvgIpc) is 2.77. The fraction of sp³-hybridized carbons (Fsp3) is 0.100. The van der Waals surface area contributed by atoms with Gasteiger partial charge in [-0.3, -0.25) is 10.1 Å². The van der Waals surface area contributed by atoms with E-state index >= 15 is 0 Å². The van der Waals surface area contributed by atoms with Crippen LogP contribution < -0.4 is 5.32 Å². The summed E-state index contributed by atoms with van der Waals surface area (Å²) in [7, 11) is -3.53. The van der Waals surface area contributed by atoms with Gasteiger partial charge in [-0.1, -0.05) is 12.1 Å². The van der Waals surface area contributed by atoms with E-state index in [-0.39, 0.29) is 15.9 Å². The van der Waals surface area contributed by atoms with Crippen molar-refractivity contribution in [3.05, 3.63) is 35.6 Å². The number of halogens is 1. The van der Waals surface area contributed by atoms with E-state index in [9.17, 15) is 17.6 Å². The highest BCUT2D eigenvalue weighted by molar-refractivity contribution is 7.90. The van der Waals surface area contributed by atoms with Crippen LogP contribution >= 0.6 is 11.5 Å². The number of anilines is 1. The van der Waals surface area contributed by atoms with Gasteiger partial charge in [0.2, 0.25) is 15.0 Å². The first kappa shape index (κ1) is 13.6. The summed E-state index contributed by atoms with van der Waals surface area (Å²) in [6.45, 7) is 0. The topological polar surface area (TPSA) is 89.0 Å². The normalized spacial score (nSPS) is 11.3. The highest BCUT2D eigenvalue weighted by Gasteiger charge is 2.17. The summed E-state index contributed by atoms with van der Waals surface area (Å²) in [4.78, 5) is 15.4. The van der Waals surface area contributed by atoms with Gasteiger partial charge >= 0.3 is 0 Å². The van der Waals surface area contributed by atoms with Gasteiger partial charge in [0.15, 0.2) is 0 Å². The van der Waals surface area contributed by atoms with Crippen LogP contribution in [-0.2, 0) is 9.84 Å². The minimum Gasteiger partial charge on any atom is -0.296 e. The SMILES string of the molecule is CS(=O)(=O)c1nsc(NC(=O)c2ccccc2F)n1. The third-order valence-electron chi connectivity index (χ3n) is 2.08. The summed E-state index contributed by atoms with van der Waals surface area (Å²) in [5, 5.41) is 1.91. The number of benzene rings is 1. The number of carbonyl (C=O) groups is 1. The first-order valence-electron chi connectivity index (χ1n) is 4.97. The van der Waals surface area contributed by atoms with Crippen molar-refractivity contribution in [2.45, 2.75) is 5.16 Å². The molecule has 9 heteroatoms. The van der Waals surface area contributed by atoms with Gasteiger partial charge in [0.05, 0.1) is 5.56 Å². The third kappa shape index (κ3) is 3.12. The zero-order chi connectivity index (χ0) is 14.0. The van der Waals surface area contributed by atoms with E-state index in [0.717, 1.165) is 12.3 Å². The maximum absolute atomic E-state index is 13.3. The molecule has 0 saturated carbocycles. The molecular formula is C10H8FN3O3S2. The fourth-order valence-corrected chi connectivity index (χ4v) is 2.66. The highest BCUT2D eigenvalue weighted by Crippen LogP contribution is 2.16. The molecule has 1 heterocycles. The van der Waals surface area contributed by atoms with Gasteiger partial charge in [0.25, 0.3) is 11.1 Å². The largest absolute Gasteiger partial charge is 0.296 e. The molecule has 0 atom stereocenters.